The fraction of sp³-hybridized carbons (Fsp3) is 0.176. The van der Waals surface area contributed by atoms with Gasteiger partial charge in [-0.3, -0.25) is 4.79 Å². The van der Waals surface area contributed by atoms with Crippen LogP contribution in [0.2, 0.25) is 5.02 Å². The zero-order valence-electron chi connectivity index (χ0n) is 12.7. The SMILES string of the molecule is O=C(COC(=O)c1ccc(Cl)cc1O)NCCSc1ccccc1. The number of phenolic OH excluding ortho intramolecular Hbond substituents is 1. The Labute approximate surface area is 149 Å². The lowest BCUT2D eigenvalue weighted by Crippen LogP contribution is -2.30. The maximum Gasteiger partial charge on any atom is 0.342 e. The number of carbonyl (C=O) groups excluding carboxylic acids is 2. The Morgan fingerprint density at radius 3 is 2.62 bits per heavy atom. The first-order valence-corrected chi connectivity index (χ1v) is 8.53. The Bertz CT molecular complexity index is 709. The van der Waals surface area contributed by atoms with Gasteiger partial charge in [0.05, 0.1) is 0 Å². The maximum absolute atomic E-state index is 11.8. The Balaban J connectivity index is 1.68. The molecule has 2 aromatic carbocycles. The molecule has 0 unspecified atom stereocenters. The summed E-state index contributed by atoms with van der Waals surface area (Å²) in [7, 11) is 0. The lowest BCUT2D eigenvalue weighted by molar-refractivity contribution is -0.124. The van der Waals surface area contributed by atoms with Crippen LogP contribution in [0.5, 0.6) is 5.75 Å². The summed E-state index contributed by atoms with van der Waals surface area (Å²) in [6.45, 7) is 0.0546. The van der Waals surface area contributed by atoms with Gasteiger partial charge >= 0.3 is 5.97 Å². The molecule has 1 amide bonds. The average molecular weight is 366 g/mol. The van der Waals surface area contributed by atoms with Crippen LogP contribution in [0.1, 0.15) is 10.4 Å². The van der Waals surface area contributed by atoms with Gasteiger partial charge in [0.15, 0.2) is 6.61 Å². The number of carbonyl (C=O) groups is 2. The molecule has 0 fully saturated rings. The third kappa shape index (κ3) is 5.79. The fourth-order valence-corrected chi connectivity index (χ4v) is 2.77. The van der Waals surface area contributed by atoms with Crippen molar-refractivity contribution in [3.63, 3.8) is 0 Å². The lowest BCUT2D eigenvalue weighted by atomic mass is 10.2. The van der Waals surface area contributed by atoms with E-state index in [4.69, 9.17) is 16.3 Å². The lowest BCUT2D eigenvalue weighted by Gasteiger charge is -2.07. The molecule has 0 aromatic heterocycles. The van der Waals surface area contributed by atoms with E-state index in [1.165, 1.54) is 18.2 Å². The van der Waals surface area contributed by atoms with Crippen LogP contribution in [-0.2, 0) is 9.53 Å². The molecule has 2 rings (SSSR count). The molecule has 0 aliphatic carbocycles. The van der Waals surface area contributed by atoms with Crippen LogP contribution >= 0.6 is 23.4 Å². The summed E-state index contributed by atoms with van der Waals surface area (Å²) in [4.78, 5) is 24.6. The number of hydrogen-bond acceptors (Lipinski definition) is 5. The van der Waals surface area contributed by atoms with Crippen molar-refractivity contribution in [2.45, 2.75) is 4.90 Å². The zero-order valence-corrected chi connectivity index (χ0v) is 14.3. The van der Waals surface area contributed by atoms with Crippen LogP contribution in [-0.4, -0.2) is 35.9 Å². The molecular weight excluding hydrogens is 350 g/mol. The normalized spacial score (nSPS) is 10.2. The van der Waals surface area contributed by atoms with Gasteiger partial charge in [0.2, 0.25) is 0 Å². The number of nitrogens with one attached hydrogen (secondary N) is 1. The summed E-state index contributed by atoms with van der Waals surface area (Å²) in [6.07, 6.45) is 0. The van der Waals surface area contributed by atoms with Gasteiger partial charge in [0.1, 0.15) is 11.3 Å². The van der Waals surface area contributed by atoms with Crippen molar-refractivity contribution in [2.75, 3.05) is 18.9 Å². The van der Waals surface area contributed by atoms with Crippen molar-refractivity contribution in [3.05, 3.63) is 59.1 Å². The van der Waals surface area contributed by atoms with Gasteiger partial charge in [0, 0.05) is 22.2 Å². The van der Waals surface area contributed by atoms with Crippen LogP contribution in [0.25, 0.3) is 0 Å². The molecule has 2 N–H and O–H groups in total. The number of halogens is 1. The highest BCUT2D eigenvalue weighted by Crippen LogP contribution is 2.22. The van der Waals surface area contributed by atoms with Gasteiger partial charge in [-0.1, -0.05) is 29.8 Å². The van der Waals surface area contributed by atoms with E-state index in [0.717, 1.165) is 4.90 Å². The number of rotatable bonds is 7. The minimum absolute atomic E-state index is 0.0353. The van der Waals surface area contributed by atoms with Crippen molar-refractivity contribution in [1.29, 1.82) is 0 Å². The van der Waals surface area contributed by atoms with Gasteiger partial charge in [-0.2, -0.15) is 0 Å². The Morgan fingerprint density at radius 2 is 1.92 bits per heavy atom. The molecule has 24 heavy (non-hydrogen) atoms. The van der Waals surface area contributed by atoms with Gasteiger partial charge < -0.3 is 15.2 Å². The largest absolute Gasteiger partial charge is 0.507 e. The second kappa shape index (κ2) is 9.20. The van der Waals surface area contributed by atoms with E-state index in [-0.39, 0.29) is 11.3 Å². The Kier molecular flexibility index (Phi) is 6.96. The molecule has 0 aliphatic heterocycles. The first-order valence-electron chi connectivity index (χ1n) is 7.16. The number of aromatic hydroxyl groups is 1. The molecule has 0 heterocycles. The standard InChI is InChI=1S/C17H16ClNO4S/c18-12-6-7-14(15(20)10-12)17(22)23-11-16(21)19-8-9-24-13-4-2-1-3-5-13/h1-7,10,20H,8-9,11H2,(H,19,21). The second-order valence-electron chi connectivity index (χ2n) is 4.75. The minimum Gasteiger partial charge on any atom is -0.507 e. The number of phenols is 1. The molecule has 7 heteroatoms. The first kappa shape index (κ1) is 18.2. The first-order chi connectivity index (χ1) is 11.6. The average Bonchev–Trinajstić information content (AvgIpc) is 2.57. The fourth-order valence-electron chi connectivity index (χ4n) is 1.81. The molecule has 0 saturated carbocycles. The van der Waals surface area contributed by atoms with Gasteiger partial charge in [0.25, 0.3) is 5.91 Å². The minimum atomic E-state index is -0.780. The summed E-state index contributed by atoms with van der Waals surface area (Å²) in [6, 6.07) is 13.9. The Hall–Kier alpha value is -2.18. The summed E-state index contributed by atoms with van der Waals surface area (Å²) >= 11 is 7.31. The molecule has 0 radical (unpaired) electrons. The highest BCUT2D eigenvalue weighted by atomic mass is 35.5. The van der Waals surface area contributed by atoms with E-state index in [2.05, 4.69) is 5.32 Å². The predicted octanol–water partition coefficient (Wildman–Crippen LogP) is 3.11. The third-order valence-electron chi connectivity index (χ3n) is 2.95. The highest BCUT2D eigenvalue weighted by molar-refractivity contribution is 7.99. The van der Waals surface area contributed by atoms with Crippen LogP contribution < -0.4 is 5.32 Å². The van der Waals surface area contributed by atoms with E-state index in [1.54, 1.807) is 11.8 Å². The molecule has 0 bridgehead atoms. The van der Waals surface area contributed by atoms with Crippen LogP contribution in [0.4, 0.5) is 0 Å². The summed E-state index contributed by atoms with van der Waals surface area (Å²) in [5, 5.41) is 12.6. The predicted molar refractivity (Wildman–Crippen MR) is 93.6 cm³/mol. The van der Waals surface area contributed by atoms with E-state index >= 15 is 0 Å². The number of amides is 1. The molecular formula is C17H16ClNO4S. The van der Waals surface area contributed by atoms with E-state index in [1.807, 2.05) is 30.3 Å². The number of thioether (sulfide) groups is 1. The van der Waals surface area contributed by atoms with Crippen molar-refractivity contribution in [1.82, 2.24) is 5.32 Å². The van der Waals surface area contributed by atoms with E-state index in [0.29, 0.717) is 17.3 Å². The van der Waals surface area contributed by atoms with Crippen molar-refractivity contribution in [2.24, 2.45) is 0 Å². The van der Waals surface area contributed by atoms with Crippen molar-refractivity contribution >= 4 is 35.2 Å². The monoisotopic (exact) mass is 365 g/mol. The van der Waals surface area contributed by atoms with Crippen molar-refractivity contribution in [3.8, 4) is 5.75 Å². The van der Waals surface area contributed by atoms with Crippen molar-refractivity contribution < 1.29 is 19.4 Å². The second-order valence-corrected chi connectivity index (χ2v) is 6.35. The number of esters is 1. The smallest absolute Gasteiger partial charge is 0.342 e. The van der Waals surface area contributed by atoms with E-state index in [9.17, 15) is 14.7 Å². The summed E-state index contributed by atoms with van der Waals surface area (Å²) < 4.78 is 4.87. The van der Waals surface area contributed by atoms with Gasteiger partial charge in [-0.05, 0) is 30.3 Å². The molecule has 0 atom stereocenters. The maximum atomic E-state index is 11.8. The molecule has 0 saturated heterocycles. The number of benzene rings is 2. The van der Waals surface area contributed by atoms with Gasteiger partial charge in [-0.25, -0.2) is 4.79 Å². The molecule has 2 aromatic rings. The van der Waals surface area contributed by atoms with Gasteiger partial charge in [-0.15, -0.1) is 11.8 Å². The molecule has 5 nitrogen and oxygen atoms in total. The highest BCUT2D eigenvalue weighted by Gasteiger charge is 2.14. The number of hydrogen-bond donors (Lipinski definition) is 2. The van der Waals surface area contributed by atoms with E-state index < -0.39 is 18.5 Å². The number of ether oxygens (including phenoxy) is 1. The zero-order chi connectivity index (χ0) is 17.4. The topological polar surface area (TPSA) is 75.6 Å². The van der Waals surface area contributed by atoms with Crippen LogP contribution in [0, 0.1) is 0 Å². The molecule has 0 aliphatic rings. The molecule has 0 spiro atoms. The Morgan fingerprint density at radius 1 is 1.17 bits per heavy atom. The third-order valence-corrected chi connectivity index (χ3v) is 4.20. The molecule has 126 valence electrons. The summed E-state index contributed by atoms with van der Waals surface area (Å²) in [5.41, 5.74) is -0.0353. The van der Waals surface area contributed by atoms with Crippen LogP contribution in [0.3, 0.4) is 0 Å². The quantitative estimate of drug-likeness (QED) is 0.448. The van der Waals surface area contributed by atoms with Crippen LogP contribution in [0.15, 0.2) is 53.4 Å². The summed E-state index contributed by atoms with van der Waals surface area (Å²) in [5.74, 6) is -0.752.